The van der Waals surface area contributed by atoms with Crippen LogP contribution in [0.3, 0.4) is 0 Å². The first-order valence-corrected chi connectivity index (χ1v) is 7.59. The van der Waals surface area contributed by atoms with Crippen LogP contribution in [0.15, 0.2) is 54.1 Å². The van der Waals surface area contributed by atoms with Crippen LogP contribution < -0.4 is 5.73 Å². The van der Waals surface area contributed by atoms with Gasteiger partial charge >= 0.3 is 6.18 Å². The van der Waals surface area contributed by atoms with E-state index >= 15 is 0 Å². The first-order valence-electron chi connectivity index (χ1n) is 7.59. The van der Waals surface area contributed by atoms with Gasteiger partial charge in [0.2, 0.25) is 5.60 Å². The zero-order chi connectivity index (χ0) is 18.2. The molecule has 6 heteroatoms. The largest absolute Gasteiger partial charge is 0.471 e. The molecule has 2 N–H and O–H groups in total. The third-order valence-electron chi connectivity index (χ3n) is 4.34. The zero-order valence-electron chi connectivity index (χ0n) is 13.4. The van der Waals surface area contributed by atoms with Crippen molar-refractivity contribution in [2.75, 3.05) is 5.73 Å². The summed E-state index contributed by atoms with van der Waals surface area (Å²) >= 11 is 0. The second-order valence-electron chi connectivity index (χ2n) is 5.96. The normalized spacial score (nSPS) is 20.3. The van der Waals surface area contributed by atoms with Gasteiger partial charge in [-0.05, 0) is 24.6 Å². The lowest BCUT2D eigenvalue weighted by Crippen LogP contribution is -2.42. The molecular weight excluding hydrogens is 329 g/mol. The van der Waals surface area contributed by atoms with Gasteiger partial charge in [0, 0.05) is 23.2 Å². The highest BCUT2D eigenvalue weighted by Crippen LogP contribution is 2.54. The van der Waals surface area contributed by atoms with E-state index < -0.39 is 18.2 Å². The van der Waals surface area contributed by atoms with Crippen LogP contribution >= 0.6 is 0 Å². The molecule has 1 heterocycles. The highest BCUT2D eigenvalue weighted by atomic mass is 19.4. The van der Waals surface area contributed by atoms with Gasteiger partial charge in [0.05, 0.1) is 11.6 Å². The maximum absolute atomic E-state index is 14.0. The first kappa shape index (κ1) is 16.9. The fourth-order valence-corrected chi connectivity index (χ4v) is 2.92. The van der Waals surface area contributed by atoms with Crippen LogP contribution in [0.2, 0.25) is 0 Å². The quantitative estimate of drug-likeness (QED) is 0.804. The summed E-state index contributed by atoms with van der Waals surface area (Å²) in [5.41, 5.74) is 4.40. The first-order chi connectivity index (χ1) is 11.8. The van der Waals surface area contributed by atoms with Crippen LogP contribution in [0, 0.1) is 18.3 Å². The molecule has 0 fully saturated rings. The second-order valence-corrected chi connectivity index (χ2v) is 5.96. The molecule has 25 heavy (non-hydrogen) atoms. The molecule has 128 valence electrons. The molecule has 3 nitrogen and oxygen atoms in total. The smallest absolute Gasteiger partial charge is 0.433 e. The number of aryl methyl sites for hydroxylation is 1. The van der Waals surface area contributed by atoms with Gasteiger partial charge in [-0.15, -0.1) is 0 Å². The minimum Gasteiger partial charge on any atom is -0.471 e. The Hall–Kier alpha value is -2.94. The summed E-state index contributed by atoms with van der Waals surface area (Å²) < 4.78 is 47.6. The van der Waals surface area contributed by atoms with E-state index in [1.54, 1.807) is 37.3 Å². The summed E-state index contributed by atoms with van der Waals surface area (Å²) in [6.45, 7) is 1.63. The van der Waals surface area contributed by atoms with E-state index in [-0.39, 0.29) is 16.9 Å². The van der Waals surface area contributed by atoms with E-state index in [4.69, 9.17) is 10.5 Å². The summed E-state index contributed by atoms with van der Waals surface area (Å²) in [6.07, 6.45) is -5.27. The molecule has 0 bridgehead atoms. The lowest BCUT2D eigenvalue weighted by molar-refractivity contribution is -0.257. The Morgan fingerprint density at radius 3 is 2.40 bits per heavy atom. The molecule has 2 aromatic carbocycles. The highest BCUT2D eigenvalue weighted by molar-refractivity contribution is 5.70. The lowest BCUT2D eigenvalue weighted by atomic mass is 9.87. The Bertz CT molecular complexity index is 882. The number of ether oxygens (including phenoxy) is 1. The highest BCUT2D eigenvalue weighted by Gasteiger charge is 2.62. The van der Waals surface area contributed by atoms with Gasteiger partial charge in [-0.2, -0.15) is 18.4 Å². The Kier molecular flexibility index (Phi) is 3.96. The van der Waals surface area contributed by atoms with E-state index in [2.05, 4.69) is 0 Å². The number of nitrogens with zero attached hydrogens (tertiary/aromatic N) is 1. The number of nitrogen functional groups attached to an aromatic ring is 1. The third kappa shape index (κ3) is 2.72. The van der Waals surface area contributed by atoms with Gasteiger partial charge in [0.25, 0.3) is 0 Å². The molecule has 0 radical (unpaired) electrons. The molecule has 1 atom stereocenters. The predicted octanol–water partition coefficient (Wildman–Crippen LogP) is 4.69. The Morgan fingerprint density at radius 1 is 1.16 bits per heavy atom. The van der Waals surface area contributed by atoms with E-state index in [1.807, 2.05) is 6.07 Å². The summed E-state index contributed by atoms with van der Waals surface area (Å²) in [6, 6.07) is 14.3. The van der Waals surface area contributed by atoms with E-state index in [1.165, 1.54) is 18.2 Å². The summed E-state index contributed by atoms with van der Waals surface area (Å²) in [5, 5.41) is 9.37. The molecule has 0 saturated heterocycles. The van der Waals surface area contributed by atoms with Crippen LogP contribution in [-0.2, 0) is 10.3 Å². The van der Waals surface area contributed by atoms with Gasteiger partial charge in [-0.1, -0.05) is 36.4 Å². The minimum absolute atomic E-state index is 0.0296. The molecule has 0 aromatic heterocycles. The van der Waals surface area contributed by atoms with Crippen LogP contribution in [0.4, 0.5) is 18.9 Å². The van der Waals surface area contributed by atoms with Crippen molar-refractivity contribution in [1.29, 1.82) is 5.26 Å². The van der Waals surface area contributed by atoms with Crippen molar-refractivity contribution >= 4 is 11.4 Å². The predicted molar refractivity (Wildman–Crippen MR) is 88.0 cm³/mol. The molecular formula is C19H15F3N2O. The number of rotatable bonds is 2. The molecule has 0 spiro atoms. The van der Waals surface area contributed by atoms with Crippen LogP contribution in [0.25, 0.3) is 5.76 Å². The Morgan fingerprint density at radius 2 is 1.84 bits per heavy atom. The van der Waals surface area contributed by atoms with Crippen molar-refractivity contribution in [3.63, 3.8) is 0 Å². The van der Waals surface area contributed by atoms with Gasteiger partial charge in [-0.3, -0.25) is 0 Å². The average molecular weight is 344 g/mol. The maximum Gasteiger partial charge on any atom is 0.433 e. The number of halogens is 3. The van der Waals surface area contributed by atoms with Gasteiger partial charge in [0.1, 0.15) is 5.76 Å². The van der Waals surface area contributed by atoms with Crippen molar-refractivity contribution in [3.05, 3.63) is 70.8 Å². The van der Waals surface area contributed by atoms with Crippen molar-refractivity contribution in [2.45, 2.75) is 25.1 Å². The molecule has 2 aromatic rings. The second kappa shape index (κ2) is 5.85. The summed E-state index contributed by atoms with van der Waals surface area (Å²) in [5.74, 6) is -0.0325. The number of alkyl halides is 3. The number of hydrogen-bond acceptors (Lipinski definition) is 3. The molecule has 0 saturated carbocycles. The number of benzene rings is 2. The number of anilines is 1. The fraction of sp³-hybridized carbons (Fsp3) is 0.211. The maximum atomic E-state index is 14.0. The fourth-order valence-electron chi connectivity index (χ4n) is 2.92. The molecule has 3 rings (SSSR count). The van der Waals surface area contributed by atoms with Crippen LogP contribution in [0.1, 0.15) is 23.1 Å². The number of nitrogens with two attached hydrogens (primary N) is 1. The zero-order valence-corrected chi connectivity index (χ0v) is 13.4. The topological polar surface area (TPSA) is 59.0 Å². The molecule has 1 aliphatic heterocycles. The van der Waals surface area contributed by atoms with Crippen molar-refractivity contribution < 1.29 is 17.9 Å². The minimum atomic E-state index is -4.70. The van der Waals surface area contributed by atoms with E-state index in [0.29, 0.717) is 16.8 Å². The molecule has 0 aliphatic carbocycles. The monoisotopic (exact) mass is 344 g/mol. The van der Waals surface area contributed by atoms with Crippen molar-refractivity contribution in [3.8, 4) is 6.07 Å². The Labute approximate surface area is 143 Å². The van der Waals surface area contributed by atoms with Gasteiger partial charge < -0.3 is 10.5 Å². The number of nitriles is 1. The van der Waals surface area contributed by atoms with E-state index in [9.17, 15) is 18.4 Å². The lowest BCUT2D eigenvalue weighted by Gasteiger charge is -2.33. The van der Waals surface area contributed by atoms with Crippen molar-refractivity contribution in [2.24, 2.45) is 0 Å². The Balaban J connectivity index is 2.15. The van der Waals surface area contributed by atoms with Crippen LogP contribution in [-0.4, -0.2) is 6.18 Å². The summed E-state index contributed by atoms with van der Waals surface area (Å²) in [7, 11) is 0. The van der Waals surface area contributed by atoms with Crippen LogP contribution in [0.5, 0.6) is 0 Å². The SMILES string of the molecule is Cc1cc(C2(C(F)(F)F)CC(C#N)=C(c3ccccc3)O2)ccc1N. The van der Waals surface area contributed by atoms with Gasteiger partial charge in [0.15, 0.2) is 0 Å². The third-order valence-corrected chi connectivity index (χ3v) is 4.34. The molecule has 1 unspecified atom stereocenters. The van der Waals surface area contributed by atoms with Crippen molar-refractivity contribution in [1.82, 2.24) is 0 Å². The van der Waals surface area contributed by atoms with E-state index in [0.717, 1.165) is 0 Å². The number of hydrogen-bond donors (Lipinski definition) is 1. The summed E-state index contributed by atoms with van der Waals surface area (Å²) in [4.78, 5) is 0. The average Bonchev–Trinajstić information content (AvgIpc) is 2.99. The molecule has 0 amide bonds. The standard InChI is InChI=1S/C19H15F3N2O/c1-12-9-15(7-8-16(12)24)18(19(20,21)22)10-14(11-23)17(25-18)13-5-3-2-4-6-13/h2-9H,10,24H2,1H3. The molecule has 1 aliphatic rings. The van der Waals surface area contributed by atoms with Gasteiger partial charge in [-0.25, -0.2) is 0 Å².